The van der Waals surface area contributed by atoms with Gasteiger partial charge in [-0.2, -0.15) is 5.26 Å². The molecule has 0 aliphatic carbocycles. The molecule has 0 N–H and O–H groups in total. The first kappa shape index (κ1) is 23.4. The first-order chi connectivity index (χ1) is 15.2. The Morgan fingerprint density at radius 1 is 0.844 bits per heavy atom. The van der Waals surface area contributed by atoms with Crippen molar-refractivity contribution in [3.8, 4) is 17.2 Å². The summed E-state index contributed by atoms with van der Waals surface area (Å²) in [6.45, 7) is 0. The van der Waals surface area contributed by atoms with Crippen LogP contribution in [-0.2, 0) is 0 Å². The zero-order valence-corrected chi connectivity index (χ0v) is 17.9. The number of nitrogens with zero attached hydrogens (tertiary/aromatic N) is 1. The summed E-state index contributed by atoms with van der Waals surface area (Å²) in [5, 5.41) is 10.6. The van der Waals surface area contributed by atoms with Crippen LogP contribution in [0, 0.1) is 21.6 Å². The van der Waals surface area contributed by atoms with Crippen LogP contribution in [0.1, 0.15) is 16.9 Å². The van der Waals surface area contributed by atoms with Crippen molar-refractivity contribution in [2.45, 2.75) is 0 Å². The highest BCUT2D eigenvalue weighted by Gasteiger charge is 2.18. The molecular weight excluding hydrogens is 453 g/mol. The SMILES string of the molecule is N#Cc1ccc(C=Cc2[o+]c3ccc(Cl)cc3cc2-c2ccccc2)cc1.[O-][Cl+3]([O-])([O-])[O-]. The molecule has 0 radical (unpaired) electrons. The van der Waals surface area contributed by atoms with Gasteiger partial charge >= 0.3 is 11.3 Å². The molecule has 32 heavy (non-hydrogen) atoms. The van der Waals surface area contributed by atoms with Gasteiger partial charge in [-0.05, 0) is 47.5 Å². The predicted octanol–water partition coefficient (Wildman–Crippen LogP) is 2.32. The maximum atomic E-state index is 8.93. The van der Waals surface area contributed by atoms with Crippen molar-refractivity contribution in [3.05, 3.63) is 101 Å². The first-order valence-corrected chi connectivity index (χ1v) is 10.8. The molecule has 0 aliphatic heterocycles. The highest BCUT2D eigenvalue weighted by Crippen LogP contribution is 2.31. The van der Waals surface area contributed by atoms with Gasteiger partial charge in [-0.15, -0.1) is 10.2 Å². The van der Waals surface area contributed by atoms with Crippen molar-refractivity contribution < 1.29 is 33.3 Å². The van der Waals surface area contributed by atoms with Gasteiger partial charge in [0, 0.05) is 17.2 Å². The molecule has 0 spiro atoms. The Morgan fingerprint density at radius 2 is 1.50 bits per heavy atom. The zero-order chi connectivity index (χ0) is 23.1. The third kappa shape index (κ3) is 6.87. The minimum absolute atomic E-state index is 0.643. The molecule has 6 nitrogen and oxygen atoms in total. The van der Waals surface area contributed by atoms with Gasteiger partial charge in [0.05, 0.1) is 22.6 Å². The van der Waals surface area contributed by atoms with E-state index < -0.39 is 10.2 Å². The highest BCUT2D eigenvalue weighted by molar-refractivity contribution is 6.31. The molecule has 0 fully saturated rings. The molecular formula is C24H15Cl2NO5. The Kier molecular flexibility index (Phi) is 7.57. The fourth-order valence-electron chi connectivity index (χ4n) is 2.93. The molecule has 0 aliphatic rings. The lowest BCUT2D eigenvalue weighted by molar-refractivity contribution is -2.00. The van der Waals surface area contributed by atoms with Crippen LogP contribution in [0.25, 0.3) is 34.2 Å². The number of nitriles is 1. The molecule has 0 atom stereocenters. The molecule has 8 heteroatoms. The van der Waals surface area contributed by atoms with Crippen molar-refractivity contribution in [3.63, 3.8) is 0 Å². The molecule has 3 aromatic carbocycles. The Bertz CT molecular complexity index is 1270. The molecule has 4 rings (SSSR count). The van der Waals surface area contributed by atoms with Crippen molar-refractivity contribution in [1.82, 2.24) is 0 Å². The monoisotopic (exact) mass is 467 g/mol. The lowest BCUT2D eigenvalue weighted by atomic mass is 10.0. The van der Waals surface area contributed by atoms with Crippen LogP contribution in [0.15, 0.2) is 83.3 Å². The van der Waals surface area contributed by atoms with Crippen LogP contribution in [0.4, 0.5) is 0 Å². The second-order valence-electron chi connectivity index (χ2n) is 6.52. The molecule has 0 amide bonds. The van der Waals surface area contributed by atoms with E-state index in [1.807, 2.05) is 60.7 Å². The van der Waals surface area contributed by atoms with E-state index >= 15 is 0 Å². The van der Waals surface area contributed by atoms with Gasteiger partial charge < -0.3 is 0 Å². The summed E-state index contributed by atoms with van der Waals surface area (Å²) in [4.78, 5) is 0. The molecule has 1 aromatic heterocycles. The van der Waals surface area contributed by atoms with Gasteiger partial charge in [-0.25, -0.2) is 23.1 Å². The summed E-state index contributed by atoms with van der Waals surface area (Å²) < 4.78 is 40.1. The summed E-state index contributed by atoms with van der Waals surface area (Å²) in [6.07, 6.45) is 3.94. The lowest BCUT2D eigenvalue weighted by Crippen LogP contribution is -2.68. The van der Waals surface area contributed by atoms with E-state index in [-0.39, 0.29) is 0 Å². The molecule has 1 heterocycles. The Labute approximate surface area is 191 Å². The summed E-state index contributed by atoms with van der Waals surface area (Å²) in [7, 11) is -4.94. The third-order valence-electron chi connectivity index (χ3n) is 4.31. The average molecular weight is 468 g/mol. The van der Waals surface area contributed by atoms with Crippen LogP contribution in [0.3, 0.4) is 0 Å². The van der Waals surface area contributed by atoms with Gasteiger partial charge in [0.15, 0.2) is 0 Å². The Hall–Kier alpha value is -3.28. The number of hydrogen-bond acceptors (Lipinski definition) is 5. The molecule has 0 bridgehead atoms. The fraction of sp³-hybridized carbons (Fsp3) is 0. The van der Waals surface area contributed by atoms with Gasteiger partial charge in [-0.3, -0.25) is 0 Å². The largest absolute Gasteiger partial charge is 0.361 e. The Balaban J connectivity index is 0.000000523. The summed E-state index contributed by atoms with van der Waals surface area (Å²) in [6, 6.07) is 27.4. The van der Waals surface area contributed by atoms with E-state index in [1.165, 1.54) is 0 Å². The number of fused-ring (bicyclic) bond motifs is 1. The van der Waals surface area contributed by atoms with Crippen LogP contribution in [0.2, 0.25) is 5.02 Å². The van der Waals surface area contributed by atoms with Gasteiger partial charge in [0.1, 0.15) is 0 Å². The first-order valence-electron chi connectivity index (χ1n) is 9.15. The minimum Gasteiger partial charge on any atom is -0.222 e. The second kappa shape index (κ2) is 10.4. The van der Waals surface area contributed by atoms with Gasteiger partial charge in [0.25, 0.3) is 0 Å². The molecule has 0 unspecified atom stereocenters. The van der Waals surface area contributed by atoms with E-state index in [0.717, 1.165) is 33.4 Å². The van der Waals surface area contributed by atoms with Gasteiger partial charge in [-0.1, -0.05) is 54.1 Å². The predicted molar refractivity (Wildman–Crippen MR) is 111 cm³/mol. The van der Waals surface area contributed by atoms with Crippen molar-refractivity contribution in [1.29, 1.82) is 5.26 Å². The highest BCUT2D eigenvalue weighted by atomic mass is 35.7. The molecule has 0 saturated carbocycles. The summed E-state index contributed by atoms with van der Waals surface area (Å²) >= 11 is 6.14. The van der Waals surface area contributed by atoms with E-state index in [9.17, 15) is 0 Å². The van der Waals surface area contributed by atoms with Crippen LogP contribution in [0.5, 0.6) is 0 Å². The van der Waals surface area contributed by atoms with Crippen LogP contribution >= 0.6 is 11.6 Å². The van der Waals surface area contributed by atoms with E-state index in [1.54, 1.807) is 12.1 Å². The van der Waals surface area contributed by atoms with Gasteiger partial charge in [0.2, 0.25) is 0 Å². The number of rotatable bonds is 3. The smallest absolute Gasteiger partial charge is 0.222 e. The van der Waals surface area contributed by atoms with E-state index in [2.05, 4.69) is 24.3 Å². The minimum atomic E-state index is -4.94. The second-order valence-corrected chi connectivity index (χ2v) is 7.71. The number of halogens is 2. The summed E-state index contributed by atoms with van der Waals surface area (Å²) in [5.41, 5.74) is 4.49. The number of benzene rings is 3. The normalized spacial score (nSPS) is 11.1. The molecule has 4 aromatic rings. The fourth-order valence-corrected chi connectivity index (χ4v) is 3.11. The average Bonchev–Trinajstić information content (AvgIpc) is 2.77. The topological polar surface area (TPSA) is 127 Å². The standard InChI is InChI=1S/C24H15ClNO.ClHO4/c25-21-11-13-23-20(14-21)15-22(19-4-2-1-3-5-19)24(27-23)12-10-17-6-8-18(16-26)9-7-17;2-1(3,4)5/h1-15H;(H,2,3,4,5)/q+1;/p-1. The quantitative estimate of drug-likeness (QED) is 0.425. The summed E-state index contributed by atoms with van der Waals surface area (Å²) in [5.74, 6) is 0.764. The number of hydrogen-bond donors (Lipinski definition) is 0. The van der Waals surface area contributed by atoms with Crippen molar-refractivity contribution in [2.75, 3.05) is 0 Å². The van der Waals surface area contributed by atoms with E-state index in [0.29, 0.717) is 10.6 Å². The third-order valence-corrected chi connectivity index (χ3v) is 4.54. The van der Waals surface area contributed by atoms with Crippen molar-refractivity contribution >= 4 is 34.7 Å². The van der Waals surface area contributed by atoms with Crippen LogP contribution < -0.4 is 18.6 Å². The zero-order valence-electron chi connectivity index (χ0n) is 16.4. The lowest BCUT2D eigenvalue weighted by Gasteiger charge is -2.17. The van der Waals surface area contributed by atoms with E-state index in [4.69, 9.17) is 39.9 Å². The maximum Gasteiger partial charge on any atom is 0.361 e. The molecule has 160 valence electrons. The van der Waals surface area contributed by atoms with Crippen molar-refractivity contribution in [2.24, 2.45) is 0 Å². The maximum absolute atomic E-state index is 8.93. The van der Waals surface area contributed by atoms with Crippen LogP contribution in [-0.4, -0.2) is 0 Å². The molecule has 0 saturated heterocycles. The Morgan fingerprint density at radius 3 is 2.12 bits per heavy atom.